The van der Waals surface area contributed by atoms with Crippen LogP contribution in [0, 0.1) is 0 Å². The Morgan fingerprint density at radius 1 is 1.10 bits per heavy atom. The van der Waals surface area contributed by atoms with E-state index in [-0.39, 0.29) is 53.0 Å². The van der Waals surface area contributed by atoms with E-state index in [4.69, 9.17) is 21.4 Å². The third-order valence-corrected chi connectivity index (χ3v) is 6.51. The van der Waals surface area contributed by atoms with Gasteiger partial charge in [-0.25, -0.2) is 13.2 Å². The molecule has 9 nitrogen and oxygen atoms in total. The molecule has 1 aliphatic rings. The van der Waals surface area contributed by atoms with E-state index in [2.05, 4.69) is 5.32 Å². The second kappa shape index (κ2) is 8.37. The number of carbonyl (C=O) groups excluding carboxylic acids is 1. The topological polar surface area (TPSA) is 133 Å². The van der Waals surface area contributed by atoms with Gasteiger partial charge in [0.15, 0.2) is 0 Å². The minimum absolute atomic E-state index is 0.0186. The lowest BCUT2D eigenvalue weighted by molar-refractivity contribution is 0.0696. The lowest BCUT2D eigenvalue weighted by atomic mass is 10.1. The van der Waals surface area contributed by atoms with Crippen LogP contribution in [0.25, 0.3) is 0 Å². The number of sulfonamides is 1. The van der Waals surface area contributed by atoms with Gasteiger partial charge in [-0.15, -0.1) is 0 Å². The standard InChI is InChI=1S/C18H17ClN2O7S/c19-14-3-2-12(29(26,27)21-5-7-28-8-6-21)10-13(14)17(23)20-15-4-1-11(18(24)25)9-16(15)22/h1-4,9-10,22H,5-8H2,(H,20,23)(H,24,25). The molecule has 3 N–H and O–H groups in total. The maximum atomic E-state index is 12.8. The van der Waals surface area contributed by atoms with Crippen LogP contribution in [0.5, 0.6) is 5.75 Å². The molecule has 0 aliphatic carbocycles. The fourth-order valence-corrected chi connectivity index (χ4v) is 4.37. The number of nitrogens with one attached hydrogen (secondary N) is 1. The van der Waals surface area contributed by atoms with E-state index < -0.39 is 27.6 Å². The zero-order valence-electron chi connectivity index (χ0n) is 15.0. The molecule has 1 heterocycles. The number of phenolic OH excluding ortho intramolecular Hbond substituents is 1. The summed E-state index contributed by atoms with van der Waals surface area (Å²) in [6, 6.07) is 7.18. The van der Waals surface area contributed by atoms with Crippen molar-refractivity contribution in [3.8, 4) is 5.75 Å². The molecule has 1 amide bonds. The molecule has 2 aromatic carbocycles. The summed E-state index contributed by atoms with van der Waals surface area (Å²) >= 11 is 6.07. The summed E-state index contributed by atoms with van der Waals surface area (Å²) in [5.41, 5.74) is -0.308. The van der Waals surface area contributed by atoms with E-state index >= 15 is 0 Å². The van der Waals surface area contributed by atoms with Crippen LogP contribution in [0.15, 0.2) is 41.3 Å². The second-order valence-corrected chi connectivity index (χ2v) is 8.49. The molecule has 0 radical (unpaired) electrons. The molecule has 1 saturated heterocycles. The minimum atomic E-state index is -3.83. The lowest BCUT2D eigenvalue weighted by Crippen LogP contribution is -2.40. The summed E-state index contributed by atoms with van der Waals surface area (Å²) in [7, 11) is -3.83. The molecule has 0 aromatic heterocycles. The molecule has 0 spiro atoms. The van der Waals surface area contributed by atoms with Crippen molar-refractivity contribution >= 4 is 39.2 Å². The van der Waals surface area contributed by atoms with Gasteiger partial charge >= 0.3 is 5.97 Å². The predicted molar refractivity (Wildman–Crippen MR) is 104 cm³/mol. The van der Waals surface area contributed by atoms with Crippen molar-refractivity contribution in [2.75, 3.05) is 31.6 Å². The average molecular weight is 441 g/mol. The van der Waals surface area contributed by atoms with Gasteiger partial charge in [0.25, 0.3) is 5.91 Å². The first kappa shape index (κ1) is 21.1. The highest BCUT2D eigenvalue weighted by atomic mass is 35.5. The van der Waals surface area contributed by atoms with Crippen LogP contribution in [0.3, 0.4) is 0 Å². The fourth-order valence-electron chi connectivity index (χ4n) is 2.73. The molecule has 154 valence electrons. The van der Waals surface area contributed by atoms with Crippen LogP contribution < -0.4 is 5.32 Å². The Hall–Kier alpha value is -2.66. The highest BCUT2D eigenvalue weighted by Crippen LogP contribution is 2.28. The predicted octanol–water partition coefficient (Wildman–Crippen LogP) is 2.02. The number of aromatic hydroxyl groups is 1. The third kappa shape index (κ3) is 4.51. The smallest absolute Gasteiger partial charge is 0.335 e. The number of ether oxygens (including phenoxy) is 1. The maximum Gasteiger partial charge on any atom is 0.335 e. The average Bonchev–Trinajstić information content (AvgIpc) is 2.70. The van der Waals surface area contributed by atoms with Crippen molar-refractivity contribution < 1.29 is 33.0 Å². The molecule has 3 rings (SSSR count). The molecule has 1 aliphatic heterocycles. The molecule has 0 bridgehead atoms. The van der Waals surface area contributed by atoms with Crippen LogP contribution in [-0.4, -0.2) is 61.1 Å². The number of hydrogen-bond acceptors (Lipinski definition) is 6. The number of aromatic carboxylic acids is 1. The molecule has 2 aromatic rings. The molecular weight excluding hydrogens is 424 g/mol. The van der Waals surface area contributed by atoms with Gasteiger partial charge in [0.05, 0.1) is 39.9 Å². The molecule has 1 fully saturated rings. The lowest BCUT2D eigenvalue weighted by Gasteiger charge is -2.26. The van der Waals surface area contributed by atoms with Crippen molar-refractivity contribution in [3.05, 3.63) is 52.5 Å². The summed E-state index contributed by atoms with van der Waals surface area (Å²) in [4.78, 5) is 23.4. The van der Waals surface area contributed by atoms with Crippen molar-refractivity contribution in [1.29, 1.82) is 0 Å². The second-order valence-electron chi connectivity index (χ2n) is 6.15. The Labute approximate surface area is 171 Å². The Morgan fingerprint density at radius 2 is 1.79 bits per heavy atom. The van der Waals surface area contributed by atoms with Gasteiger partial charge in [0.1, 0.15) is 5.75 Å². The van der Waals surface area contributed by atoms with E-state index in [0.29, 0.717) is 0 Å². The summed E-state index contributed by atoms with van der Waals surface area (Å²) < 4.78 is 32.0. The number of carboxylic acid groups (broad SMARTS) is 1. The number of hydrogen-bond donors (Lipinski definition) is 3. The first-order chi connectivity index (χ1) is 13.7. The van der Waals surface area contributed by atoms with E-state index in [9.17, 15) is 23.1 Å². The fraction of sp³-hybridized carbons (Fsp3) is 0.222. The Balaban J connectivity index is 1.88. The van der Waals surface area contributed by atoms with Crippen molar-refractivity contribution in [2.24, 2.45) is 0 Å². The highest BCUT2D eigenvalue weighted by molar-refractivity contribution is 7.89. The Kier molecular flexibility index (Phi) is 6.08. The number of morpholine rings is 1. The third-order valence-electron chi connectivity index (χ3n) is 4.28. The van der Waals surface area contributed by atoms with Crippen LogP contribution in [0.4, 0.5) is 5.69 Å². The molecule has 0 saturated carbocycles. The molecular formula is C18H17ClN2O7S. The van der Waals surface area contributed by atoms with Gasteiger partial charge in [-0.2, -0.15) is 4.31 Å². The van der Waals surface area contributed by atoms with Crippen LogP contribution in [-0.2, 0) is 14.8 Å². The van der Waals surface area contributed by atoms with Crippen molar-refractivity contribution in [1.82, 2.24) is 4.31 Å². The Bertz CT molecular complexity index is 1070. The number of carbonyl (C=O) groups is 2. The van der Waals surface area contributed by atoms with Crippen molar-refractivity contribution in [3.63, 3.8) is 0 Å². The normalized spacial score (nSPS) is 15.1. The summed E-state index contributed by atoms with van der Waals surface area (Å²) in [6.45, 7) is 0.976. The zero-order valence-corrected chi connectivity index (χ0v) is 16.5. The quantitative estimate of drug-likeness (QED) is 0.605. The first-order valence-corrected chi connectivity index (χ1v) is 10.3. The summed E-state index contributed by atoms with van der Waals surface area (Å²) in [5, 5.41) is 21.3. The van der Waals surface area contributed by atoms with Gasteiger partial charge in [0, 0.05) is 13.1 Å². The summed E-state index contributed by atoms with van der Waals surface area (Å²) in [6.07, 6.45) is 0. The summed E-state index contributed by atoms with van der Waals surface area (Å²) in [5.74, 6) is -2.44. The van der Waals surface area contributed by atoms with Gasteiger partial charge in [-0.05, 0) is 36.4 Å². The number of halogens is 1. The van der Waals surface area contributed by atoms with E-state index in [0.717, 1.165) is 12.1 Å². The largest absolute Gasteiger partial charge is 0.506 e. The number of anilines is 1. The Morgan fingerprint density at radius 3 is 2.41 bits per heavy atom. The van der Waals surface area contributed by atoms with Gasteiger partial charge in [-0.1, -0.05) is 11.6 Å². The number of rotatable bonds is 5. The van der Waals surface area contributed by atoms with Crippen molar-refractivity contribution in [2.45, 2.75) is 4.90 Å². The molecule has 11 heteroatoms. The number of amides is 1. The minimum Gasteiger partial charge on any atom is -0.506 e. The van der Waals surface area contributed by atoms with Crippen LogP contribution in [0.2, 0.25) is 5.02 Å². The van der Waals surface area contributed by atoms with Gasteiger partial charge in [-0.3, -0.25) is 4.79 Å². The first-order valence-electron chi connectivity index (χ1n) is 8.45. The van der Waals surface area contributed by atoms with E-state index in [1.54, 1.807) is 0 Å². The van der Waals surface area contributed by atoms with Gasteiger partial charge in [0.2, 0.25) is 10.0 Å². The monoisotopic (exact) mass is 440 g/mol. The molecule has 0 atom stereocenters. The SMILES string of the molecule is O=C(O)c1ccc(NC(=O)c2cc(S(=O)(=O)N3CCOCC3)ccc2Cl)c(O)c1. The molecule has 29 heavy (non-hydrogen) atoms. The highest BCUT2D eigenvalue weighted by Gasteiger charge is 2.27. The van der Waals surface area contributed by atoms with E-state index in [1.165, 1.54) is 28.6 Å². The number of phenols is 1. The number of benzene rings is 2. The molecule has 0 unspecified atom stereocenters. The maximum absolute atomic E-state index is 12.8. The zero-order chi connectivity index (χ0) is 21.2. The van der Waals surface area contributed by atoms with Crippen LogP contribution >= 0.6 is 11.6 Å². The number of carboxylic acids is 1. The van der Waals surface area contributed by atoms with Crippen LogP contribution in [0.1, 0.15) is 20.7 Å². The number of nitrogens with zero attached hydrogens (tertiary/aromatic N) is 1. The van der Waals surface area contributed by atoms with E-state index in [1.807, 2.05) is 0 Å². The van der Waals surface area contributed by atoms with Gasteiger partial charge < -0.3 is 20.3 Å².